The lowest BCUT2D eigenvalue weighted by atomic mass is 9.94. The first-order valence-electron chi connectivity index (χ1n) is 8.82. The zero-order valence-corrected chi connectivity index (χ0v) is 13.9. The minimum Gasteiger partial charge on any atom is -0.343 e. The van der Waals surface area contributed by atoms with Crippen LogP contribution in [0.1, 0.15) is 37.8 Å². The quantitative estimate of drug-likeness (QED) is 0.853. The van der Waals surface area contributed by atoms with Crippen molar-refractivity contribution in [2.24, 2.45) is 5.92 Å². The van der Waals surface area contributed by atoms with Crippen molar-refractivity contribution in [2.45, 2.75) is 45.6 Å². The van der Waals surface area contributed by atoms with E-state index in [0.29, 0.717) is 11.9 Å². The summed E-state index contributed by atoms with van der Waals surface area (Å²) in [5.74, 6) is 0.572. The number of carbonyl (C=O) groups excluding carboxylic acids is 1. The molecule has 1 fully saturated rings. The number of carbonyl (C=O) groups is 1. The minimum absolute atomic E-state index is 0.206. The number of likely N-dealkylation sites (tertiary alicyclic amines) is 1. The van der Waals surface area contributed by atoms with Crippen molar-refractivity contribution in [1.29, 1.82) is 0 Å². The summed E-state index contributed by atoms with van der Waals surface area (Å²) in [6, 6.07) is 9.41. The van der Waals surface area contributed by atoms with E-state index >= 15 is 0 Å². The fourth-order valence-electron chi connectivity index (χ4n) is 4.13. The fraction of sp³-hybridized carbons (Fsp3) is 0.632. The molecule has 3 heteroatoms. The van der Waals surface area contributed by atoms with E-state index in [0.717, 1.165) is 51.9 Å². The first-order valence-corrected chi connectivity index (χ1v) is 8.82. The molecule has 1 aliphatic heterocycles. The molecule has 1 aromatic rings. The van der Waals surface area contributed by atoms with Crippen LogP contribution in [0, 0.1) is 5.92 Å². The summed E-state index contributed by atoms with van der Waals surface area (Å²) in [5.41, 5.74) is 3.01. The molecule has 0 radical (unpaired) electrons. The molecule has 1 aromatic carbocycles. The van der Waals surface area contributed by atoms with Crippen LogP contribution in [0.15, 0.2) is 24.3 Å². The standard InChI is InChI=1S/C19H28N2O/c1-3-20(4-2)19(22)17-10-7-11-21(14-17)18-12-15-8-5-6-9-16(15)13-18/h5-6,8-9,17-18H,3-4,7,10-14H2,1-2H3/t17-/m0/s1. The lowest BCUT2D eigenvalue weighted by Crippen LogP contribution is -2.48. The van der Waals surface area contributed by atoms with Gasteiger partial charge >= 0.3 is 0 Å². The predicted molar refractivity (Wildman–Crippen MR) is 89.9 cm³/mol. The molecule has 3 nitrogen and oxygen atoms in total. The Hall–Kier alpha value is -1.35. The summed E-state index contributed by atoms with van der Waals surface area (Å²) in [6.45, 7) is 7.93. The van der Waals surface area contributed by atoms with Gasteiger partial charge in [0.1, 0.15) is 0 Å². The third-order valence-corrected chi connectivity index (χ3v) is 5.42. The summed E-state index contributed by atoms with van der Waals surface area (Å²) in [5, 5.41) is 0. The molecule has 3 rings (SSSR count). The van der Waals surface area contributed by atoms with Crippen molar-refractivity contribution in [3.8, 4) is 0 Å². The van der Waals surface area contributed by atoms with Crippen LogP contribution in [0.4, 0.5) is 0 Å². The third-order valence-electron chi connectivity index (χ3n) is 5.42. The Kier molecular flexibility index (Phi) is 4.82. The van der Waals surface area contributed by atoms with Crippen molar-refractivity contribution in [3.63, 3.8) is 0 Å². The summed E-state index contributed by atoms with van der Waals surface area (Å²) >= 11 is 0. The smallest absolute Gasteiger partial charge is 0.226 e. The summed E-state index contributed by atoms with van der Waals surface area (Å²) in [4.78, 5) is 17.2. The van der Waals surface area contributed by atoms with Crippen molar-refractivity contribution in [1.82, 2.24) is 9.80 Å². The second kappa shape index (κ2) is 6.82. The third kappa shape index (κ3) is 3.05. The largest absolute Gasteiger partial charge is 0.343 e. The van der Waals surface area contributed by atoms with E-state index in [-0.39, 0.29) is 5.92 Å². The Morgan fingerprint density at radius 3 is 2.41 bits per heavy atom. The van der Waals surface area contributed by atoms with Gasteiger partial charge in [0.2, 0.25) is 5.91 Å². The van der Waals surface area contributed by atoms with Crippen molar-refractivity contribution in [2.75, 3.05) is 26.2 Å². The van der Waals surface area contributed by atoms with Gasteiger partial charge in [-0.25, -0.2) is 0 Å². The Balaban J connectivity index is 1.63. The molecule has 0 aromatic heterocycles. The van der Waals surface area contributed by atoms with Gasteiger partial charge in [-0.1, -0.05) is 24.3 Å². The number of hydrogen-bond acceptors (Lipinski definition) is 2. The second-order valence-electron chi connectivity index (χ2n) is 6.68. The van der Waals surface area contributed by atoms with Crippen LogP contribution in [-0.2, 0) is 17.6 Å². The van der Waals surface area contributed by atoms with Gasteiger partial charge in [0.15, 0.2) is 0 Å². The topological polar surface area (TPSA) is 23.6 Å². The van der Waals surface area contributed by atoms with E-state index in [1.807, 2.05) is 4.90 Å². The Bertz CT molecular complexity index is 499. The molecular formula is C19H28N2O. The van der Waals surface area contributed by atoms with Crippen LogP contribution >= 0.6 is 0 Å². The first-order chi connectivity index (χ1) is 10.7. The van der Waals surface area contributed by atoms with Gasteiger partial charge in [0, 0.05) is 25.7 Å². The fourth-order valence-corrected chi connectivity index (χ4v) is 4.13. The SMILES string of the molecule is CCN(CC)C(=O)[C@H]1CCCN(C2Cc3ccccc3C2)C1. The highest BCUT2D eigenvalue weighted by atomic mass is 16.2. The van der Waals surface area contributed by atoms with E-state index < -0.39 is 0 Å². The Morgan fingerprint density at radius 1 is 1.18 bits per heavy atom. The maximum Gasteiger partial charge on any atom is 0.226 e. The monoisotopic (exact) mass is 300 g/mol. The lowest BCUT2D eigenvalue weighted by Gasteiger charge is -2.37. The van der Waals surface area contributed by atoms with Crippen molar-refractivity contribution in [3.05, 3.63) is 35.4 Å². The maximum absolute atomic E-state index is 12.6. The van der Waals surface area contributed by atoms with E-state index in [4.69, 9.17) is 0 Å². The Morgan fingerprint density at radius 2 is 1.82 bits per heavy atom. The number of piperidine rings is 1. The molecule has 0 unspecified atom stereocenters. The zero-order valence-electron chi connectivity index (χ0n) is 13.9. The van der Waals surface area contributed by atoms with Crippen LogP contribution < -0.4 is 0 Å². The maximum atomic E-state index is 12.6. The molecule has 1 saturated heterocycles. The van der Waals surface area contributed by atoms with Crippen LogP contribution in [0.2, 0.25) is 0 Å². The van der Waals surface area contributed by atoms with Gasteiger partial charge in [-0.3, -0.25) is 9.69 Å². The molecule has 1 atom stereocenters. The number of benzene rings is 1. The van der Waals surface area contributed by atoms with Crippen LogP contribution in [0.5, 0.6) is 0 Å². The highest BCUT2D eigenvalue weighted by molar-refractivity contribution is 5.79. The van der Waals surface area contributed by atoms with Crippen LogP contribution in [0.3, 0.4) is 0 Å². The minimum atomic E-state index is 0.206. The zero-order chi connectivity index (χ0) is 15.5. The molecule has 22 heavy (non-hydrogen) atoms. The molecule has 0 N–H and O–H groups in total. The van der Waals surface area contributed by atoms with E-state index in [1.165, 1.54) is 11.1 Å². The number of fused-ring (bicyclic) bond motifs is 1. The van der Waals surface area contributed by atoms with Crippen molar-refractivity contribution >= 4 is 5.91 Å². The van der Waals surface area contributed by atoms with Gasteiger partial charge < -0.3 is 4.90 Å². The highest BCUT2D eigenvalue weighted by Gasteiger charge is 2.33. The van der Waals surface area contributed by atoms with Gasteiger partial charge in [0.05, 0.1) is 5.92 Å². The first kappa shape index (κ1) is 15.5. The highest BCUT2D eigenvalue weighted by Crippen LogP contribution is 2.29. The second-order valence-corrected chi connectivity index (χ2v) is 6.68. The van der Waals surface area contributed by atoms with Gasteiger partial charge in [-0.15, -0.1) is 0 Å². The molecule has 1 amide bonds. The molecule has 0 bridgehead atoms. The van der Waals surface area contributed by atoms with E-state index in [9.17, 15) is 4.79 Å². The summed E-state index contributed by atoms with van der Waals surface area (Å²) in [6.07, 6.45) is 4.53. The normalized spacial score (nSPS) is 22.5. The molecule has 1 aliphatic carbocycles. The average Bonchev–Trinajstić information content (AvgIpc) is 3.00. The van der Waals surface area contributed by atoms with Crippen LogP contribution in [-0.4, -0.2) is 47.9 Å². The number of amides is 1. The summed E-state index contributed by atoms with van der Waals surface area (Å²) in [7, 11) is 0. The van der Waals surface area contributed by atoms with Gasteiger partial charge in [0.25, 0.3) is 0 Å². The van der Waals surface area contributed by atoms with Gasteiger partial charge in [-0.2, -0.15) is 0 Å². The van der Waals surface area contributed by atoms with E-state index in [2.05, 4.69) is 43.0 Å². The molecule has 120 valence electrons. The Labute approximate surface area is 134 Å². The van der Waals surface area contributed by atoms with Crippen molar-refractivity contribution < 1.29 is 4.79 Å². The lowest BCUT2D eigenvalue weighted by molar-refractivity contribution is -0.137. The predicted octanol–water partition coefficient (Wildman–Crippen LogP) is 2.73. The number of rotatable bonds is 4. The van der Waals surface area contributed by atoms with Crippen LogP contribution in [0.25, 0.3) is 0 Å². The number of hydrogen-bond donors (Lipinski definition) is 0. The summed E-state index contributed by atoms with van der Waals surface area (Å²) < 4.78 is 0. The van der Waals surface area contributed by atoms with Gasteiger partial charge in [-0.05, 0) is 57.2 Å². The molecule has 1 heterocycles. The molecule has 2 aliphatic rings. The van der Waals surface area contributed by atoms with E-state index in [1.54, 1.807) is 0 Å². The average molecular weight is 300 g/mol. The molecular weight excluding hydrogens is 272 g/mol. The molecule has 0 spiro atoms. The molecule has 0 saturated carbocycles. The number of nitrogens with zero attached hydrogens (tertiary/aromatic N) is 2.